The van der Waals surface area contributed by atoms with E-state index in [-0.39, 0.29) is 5.91 Å². The molecule has 1 aliphatic rings. The van der Waals surface area contributed by atoms with E-state index in [1.54, 1.807) is 29.9 Å². The maximum absolute atomic E-state index is 13.5. The summed E-state index contributed by atoms with van der Waals surface area (Å²) in [5.41, 5.74) is 2.30. The third kappa shape index (κ3) is 4.12. The number of aryl methyl sites for hydroxylation is 2. The minimum Gasteiger partial charge on any atom is -0.497 e. The number of methoxy groups -OCH3 is 1. The molecule has 9 heteroatoms. The third-order valence-electron chi connectivity index (χ3n) is 5.13. The number of fused-ring (bicyclic) bond motifs is 1. The van der Waals surface area contributed by atoms with Gasteiger partial charge in [-0.1, -0.05) is 11.3 Å². The van der Waals surface area contributed by atoms with Crippen molar-refractivity contribution >= 4 is 32.6 Å². The van der Waals surface area contributed by atoms with Gasteiger partial charge in [0.2, 0.25) is 0 Å². The molecule has 29 heavy (non-hydrogen) atoms. The molecule has 0 bridgehead atoms. The zero-order valence-electron chi connectivity index (χ0n) is 16.9. The van der Waals surface area contributed by atoms with Gasteiger partial charge in [0.25, 0.3) is 5.91 Å². The van der Waals surface area contributed by atoms with Crippen molar-refractivity contribution in [1.82, 2.24) is 19.7 Å². The highest BCUT2D eigenvalue weighted by atomic mass is 32.1. The van der Waals surface area contributed by atoms with Crippen LogP contribution in [0.3, 0.4) is 0 Å². The Morgan fingerprint density at radius 2 is 2.14 bits per heavy atom. The van der Waals surface area contributed by atoms with E-state index in [4.69, 9.17) is 14.5 Å². The number of amides is 1. The van der Waals surface area contributed by atoms with Gasteiger partial charge < -0.3 is 9.47 Å². The minimum absolute atomic E-state index is 0.0817. The molecule has 0 saturated carbocycles. The summed E-state index contributed by atoms with van der Waals surface area (Å²) in [7, 11) is 3.44. The Morgan fingerprint density at radius 1 is 1.34 bits per heavy atom. The van der Waals surface area contributed by atoms with E-state index in [9.17, 15) is 4.79 Å². The highest BCUT2D eigenvalue weighted by molar-refractivity contribution is 7.22. The van der Waals surface area contributed by atoms with Crippen LogP contribution in [0.25, 0.3) is 10.2 Å². The first-order valence-corrected chi connectivity index (χ1v) is 10.4. The highest BCUT2D eigenvalue weighted by Gasteiger charge is 2.26. The molecule has 2 aromatic heterocycles. The third-order valence-corrected chi connectivity index (χ3v) is 6.17. The van der Waals surface area contributed by atoms with Gasteiger partial charge in [0.1, 0.15) is 11.4 Å². The zero-order valence-corrected chi connectivity index (χ0v) is 17.7. The number of benzene rings is 1. The van der Waals surface area contributed by atoms with Crippen LogP contribution in [-0.2, 0) is 11.8 Å². The molecule has 3 aromatic rings. The van der Waals surface area contributed by atoms with Crippen LogP contribution >= 0.6 is 11.3 Å². The van der Waals surface area contributed by atoms with Crippen LogP contribution in [-0.4, -0.2) is 72.1 Å². The predicted octanol–water partition coefficient (Wildman–Crippen LogP) is 2.33. The number of carbonyl (C=O) groups is 1. The van der Waals surface area contributed by atoms with E-state index in [1.807, 2.05) is 25.1 Å². The number of thiazole rings is 1. The standard InChI is InChI=1S/C20H25N5O3S/c1-14-13-21-23(2)18(14)19(26)25(7-6-24-8-10-28-11-9-24)20-22-16-5-4-15(27-3)12-17(16)29-20/h4-5,12-13H,6-11H2,1-3H3. The molecule has 0 N–H and O–H groups in total. The SMILES string of the molecule is COc1ccc2nc(N(CCN3CCOCC3)C(=O)c3c(C)cnn3C)sc2c1. The van der Waals surface area contributed by atoms with Crippen LogP contribution in [0, 0.1) is 6.92 Å². The molecule has 1 aromatic carbocycles. The summed E-state index contributed by atoms with van der Waals surface area (Å²) in [4.78, 5) is 22.3. The zero-order chi connectivity index (χ0) is 20.4. The van der Waals surface area contributed by atoms with Crippen LogP contribution in [0.2, 0.25) is 0 Å². The van der Waals surface area contributed by atoms with Gasteiger partial charge in [-0.2, -0.15) is 5.10 Å². The van der Waals surface area contributed by atoms with E-state index in [0.29, 0.717) is 17.4 Å². The average molecular weight is 416 g/mol. The summed E-state index contributed by atoms with van der Waals surface area (Å²) in [5, 5.41) is 4.92. The van der Waals surface area contributed by atoms with Crippen LogP contribution in [0.5, 0.6) is 5.75 Å². The number of carbonyl (C=O) groups excluding carboxylic acids is 1. The van der Waals surface area contributed by atoms with E-state index in [2.05, 4.69) is 10.00 Å². The Bertz CT molecular complexity index is 989. The lowest BCUT2D eigenvalue weighted by Crippen LogP contribution is -2.43. The fourth-order valence-electron chi connectivity index (χ4n) is 3.47. The second kappa shape index (κ2) is 8.48. The number of rotatable bonds is 6. The topological polar surface area (TPSA) is 72.7 Å². The second-order valence-corrected chi connectivity index (χ2v) is 8.05. The molecule has 8 nitrogen and oxygen atoms in total. The van der Waals surface area contributed by atoms with Crippen molar-refractivity contribution in [2.45, 2.75) is 6.92 Å². The first-order chi connectivity index (χ1) is 14.1. The quantitative estimate of drug-likeness (QED) is 0.615. The summed E-state index contributed by atoms with van der Waals surface area (Å²) in [6, 6.07) is 5.77. The van der Waals surface area contributed by atoms with Crippen LogP contribution in [0.15, 0.2) is 24.4 Å². The molecule has 0 unspecified atom stereocenters. The smallest absolute Gasteiger partial charge is 0.278 e. The molecule has 0 radical (unpaired) electrons. The Morgan fingerprint density at radius 3 is 2.83 bits per heavy atom. The van der Waals surface area contributed by atoms with Crippen molar-refractivity contribution in [3.8, 4) is 5.75 Å². The molecule has 0 aliphatic carbocycles. The van der Waals surface area contributed by atoms with E-state index < -0.39 is 0 Å². The molecule has 1 fully saturated rings. The fourth-order valence-corrected chi connectivity index (χ4v) is 4.49. The van der Waals surface area contributed by atoms with Gasteiger partial charge in [-0.25, -0.2) is 4.98 Å². The van der Waals surface area contributed by atoms with Gasteiger partial charge in [-0.15, -0.1) is 0 Å². The number of aromatic nitrogens is 3. The number of anilines is 1. The van der Waals surface area contributed by atoms with Crippen LogP contribution < -0.4 is 9.64 Å². The number of hydrogen-bond acceptors (Lipinski definition) is 7. The monoisotopic (exact) mass is 415 g/mol. The summed E-state index contributed by atoms with van der Waals surface area (Å²) in [6.07, 6.45) is 1.72. The second-order valence-electron chi connectivity index (χ2n) is 7.04. The summed E-state index contributed by atoms with van der Waals surface area (Å²) >= 11 is 1.50. The largest absolute Gasteiger partial charge is 0.497 e. The Labute approximate surface area is 173 Å². The van der Waals surface area contributed by atoms with Gasteiger partial charge >= 0.3 is 0 Å². The van der Waals surface area contributed by atoms with Crippen molar-refractivity contribution in [3.63, 3.8) is 0 Å². The number of nitrogens with zero attached hydrogens (tertiary/aromatic N) is 5. The normalized spacial score (nSPS) is 15.0. The van der Waals surface area contributed by atoms with Crippen molar-refractivity contribution in [2.24, 2.45) is 7.05 Å². The molecule has 1 amide bonds. The molecular weight excluding hydrogens is 390 g/mol. The van der Waals surface area contributed by atoms with Gasteiger partial charge in [-0.05, 0) is 30.7 Å². The van der Waals surface area contributed by atoms with Crippen LogP contribution in [0.1, 0.15) is 16.1 Å². The highest BCUT2D eigenvalue weighted by Crippen LogP contribution is 2.32. The number of morpholine rings is 1. The lowest BCUT2D eigenvalue weighted by atomic mass is 10.2. The molecule has 1 saturated heterocycles. The lowest BCUT2D eigenvalue weighted by Gasteiger charge is -2.29. The summed E-state index contributed by atoms with van der Waals surface area (Å²) in [6.45, 7) is 6.45. The first-order valence-electron chi connectivity index (χ1n) is 9.62. The fraction of sp³-hybridized carbons (Fsp3) is 0.450. The molecule has 3 heterocycles. The van der Waals surface area contributed by atoms with Crippen molar-refractivity contribution in [2.75, 3.05) is 51.4 Å². The van der Waals surface area contributed by atoms with Crippen molar-refractivity contribution in [1.29, 1.82) is 0 Å². The Hall–Kier alpha value is -2.49. The van der Waals surface area contributed by atoms with Gasteiger partial charge in [0.15, 0.2) is 5.13 Å². The molecule has 4 rings (SSSR count). The van der Waals surface area contributed by atoms with Crippen LogP contribution in [0.4, 0.5) is 5.13 Å². The van der Waals surface area contributed by atoms with Gasteiger partial charge in [-0.3, -0.25) is 19.3 Å². The molecule has 154 valence electrons. The number of ether oxygens (including phenoxy) is 2. The van der Waals surface area contributed by atoms with E-state index in [0.717, 1.165) is 54.4 Å². The summed E-state index contributed by atoms with van der Waals surface area (Å²) in [5.74, 6) is 0.697. The van der Waals surface area contributed by atoms with Gasteiger partial charge in [0.05, 0.1) is 36.7 Å². The van der Waals surface area contributed by atoms with E-state index in [1.165, 1.54) is 11.3 Å². The summed E-state index contributed by atoms with van der Waals surface area (Å²) < 4.78 is 13.4. The molecule has 0 spiro atoms. The predicted molar refractivity (Wildman–Crippen MR) is 113 cm³/mol. The first kappa shape index (κ1) is 19.8. The Kier molecular flexibility index (Phi) is 5.79. The van der Waals surface area contributed by atoms with Crippen molar-refractivity contribution in [3.05, 3.63) is 35.7 Å². The maximum Gasteiger partial charge on any atom is 0.278 e. The van der Waals surface area contributed by atoms with Gasteiger partial charge in [0, 0.05) is 33.2 Å². The lowest BCUT2D eigenvalue weighted by molar-refractivity contribution is 0.0391. The van der Waals surface area contributed by atoms with Crippen molar-refractivity contribution < 1.29 is 14.3 Å². The maximum atomic E-state index is 13.5. The molecule has 1 aliphatic heterocycles. The molecular formula is C20H25N5O3S. The van der Waals surface area contributed by atoms with E-state index >= 15 is 0 Å². The average Bonchev–Trinajstić information content (AvgIpc) is 3.30. The Balaban J connectivity index is 1.66. The minimum atomic E-state index is -0.0817. The molecule has 0 atom stereocenters. The number of hydrogen-bond donors (Lipinski definition) is 0.